The molecule has 0 bridgehead atoms. The van der Waals surface area contributed by atoms with E-state index in [1.807, 2.05) is 0 Å². The van der Waals surface area contributed by atoms with Crippen LogP contribution in [0.1, 0.15) is 27.0 Å². The van der Waals surface area contributed by atoms with Crippen LogP contribution in [0, 0.1) is 5.41 Å². The molecule has 0 spiro atoms. The summed E-state index contributed by atoms with van der Waals surface area (Å²) in [6, 6.07) is 0. The molecule has 1 fully saturated rings. The molecule has 2 aromatic heterocycles. The van der Waals surface area contributed by atoms with E-state index >= 15 is 0 Å². The number of hydrogen-bond donors (Lipinski definition) is 4. The maximum atomic E-state index is 12.3. The van der Waals surface area contributed by atoms with Crippen molar-refractivity contribution in [1.29, 1.82) is 0 Å². The predicted molar refractivity (Wildman–Crippen MR) is 94.5 cm³/mol. The van der Waals surface area contributed by atoms with Gasteiger partial charge in [0.1, 0.15) is 18.5 Å². The van der Waals surface area contributed by atoms with Crippen LogP contribution in [0.15, 0.2) is 17.8 Å². The van der Waals surface area contributed by atoms with E-state index in [9.17, 15) is 20.1 Å². The molecule has 1 saturated heterocycles. The summed E-state index contributed by atoms with van der Waals surface area (Å²) in [5.41, 5.74) is 6.42. The normalized spacial score (nSPS) is 27.6. The van der Waals surface area contributed by atoms with Gasteiger partial charge in [0.2, 0.25) is 11.6 Å². The van der Waals surface area contributed by atoms with E-state index in [-0.39, 0.29) is 22.9 Å². The Bertz CT molecular complexity index is 950. The maximum absolute atomic E-state index is 12.3. The fourth-order valence-electron chi connectivity index (χ4n) is 2.74. The van der Waals surface area contributed by atoms with E-state index in [0.29, 0.717) is 0 Å². The molecule has 2 aromatic rings. The summed E-state index contributed by atoms with van der Waals surface area (Å²) in [5.74, 6) is -0.113. The van der Waals surface area contributed by atoms with Crippen LogP contribution >= 0.6 is 0 Å². The lowest BCUT2D eigenvalue weighted by Gasteiger charge is -2.23. The molecule has 4 atom stereocenters. The summed E-state index contributed by atoms with van der Waals surface area (Å²) in [6.07, 6.45) is -2.01. The summed E-state index contributed by atoms with van der Waals surface area (Å²) < 4.78 is 6.79. The van der Waals surface area contributed by atoms with Gasteiger partial charge < -0.3 is 25.4 Å². The fourth-order valence-corrected chi connectivity index (χ4v) is 2.74. The standard InChI is InChI=1S/C15H20N8O5/c1-14(2,3)13(27)20-10-7-11(18-5-17-10)23(6-19-7)12-8(25)9(26)15(4-24,28-12)21-22-16/h5-6,8-9,12,24-26H,4H2,1-3H3,(H,17,18,20,27)/t8-,9+,12-,15-/m1/s1. The minimum absolute atomic E-state index is 0.167. The van der Waals surface area contributed by atoms with Gasteiger partial charge in [-0.2, -0.15) is 0 Å². The highest BCUT2D eigenvalue weighted by atomic mass is 16.6. The first-order valence-corrected chi connectivity index (χ1v) is 8.34. The lowest BCUT2D eigenvalue weighted by Crippen LogP contribution is -2.44. The highest BCUT2D eigenvalue weighted by Gasteiger charge is 2.55. The molecular formula is C15H20N8O5. The first-order valence-electron chi connectivity index (χ1n) is 8.34. The second-order valence-corrected chi connectivity index (χ2v) is 7.39. The molecule has 0 radical (unpaired) electrons. The number of aromatic nitrogens is 4. The largest absolute Gasteiger partial charge is 0.393 e. The summed E-state index contributed by atoms with van der Waals surface area (Å²) >= 11 is 0. The Kier molecular flexibility index (Phi) is 4.95. The van der Waals surface area contributed by atoms with Gasteiger partial charge in [-0.3, -0.25) is 9.36 Å². The van der Waals surface area contributed by atoms with Gasteiger partial charge in [-0.15, -0.1) is 0 Å². The molecule has 13 heteroatoms. The van der Waals surface area contributed by atoms with Crippen molar-refractivity contribution in [2.24, 2.45) is 10.5 Å². The van der Waals surface area contributed by atoms with Crippen molar-refractivity contribution >= 4 is 22.9 Å². The van der Waals surface area contributed by atoms with Crippen molar-refractivity contribution in [3.05, 3.63) is 23.1 Å². The van der Waals surface area contributed by atoms with Gasteiger partial charge in [-0.25, -0.2) is 15.0 Å². The Morgan fingerprint density at radius 2 is 2.14 bits per heavy atom. The van der Waals surface area contributed by atoms with Crippen LogP contribution in [0.25, 0.3) is 21.6 Å². The molecule has 150 valence electrons. The van der Waals surface area contributed by atoms with Crippen LogP contribution in [0.3, 0.4) is 0 Å². The zero-order valence-electron chi connectivity index (χ0n) is 15.4. The Balaban J connectivity index is 2.01. The Morgan fingerprint density at radius 3 is 2.75 bits per heavy atom. The van der Waals surface area contributed by atoms with Gasteiger partial charge in [-0.1, -0.05) is 25.9 Å². The van der Waals surface area contributed by atoms with Gasteiger partial charge in [0.15, 0.2) is 23.2 Å². The number of carbonyl (C=O) groups is 1. The zero-order chi connectivity index (χ0) is 20.7. The van der Waals surface area contributed by atoms with E-state index < -0.39 is 36.2 Å². The molecule has 0 aromatic carbocycles. The Labute approximate surface area is 158 Å². The van der Waals surface area contributed by atoms with Gasteiger partial charge in [-0.05, 0) is 5.53 Å². The second-order valence-electron chi connectivity index (χ2n) is 7.39. The van der Waals surface area contributed by atoms with E-state index in [0.717, 1.165) is 0 Å². The summed E-state index contributed by atoms with van der Waals surface area (Å²) in [5, 5.41) is 36.1. The first kappa shape index (κ1) is 19.9. The van der Waals surface area contributed by atoms with E-state index in [4.69, 9.17) is 10.3 Å². The zero-order valence-corrected chi connectivity index (χ0v) is 15.4. The van der Waals surface area contributed by atoms with Crippen LogP contribution in [0.5, 0.6) is 0 Å². The number of nitrogens with zero attached hydrogens (tertiary/aromatic N) is 7. The van der Waals surface area contributed by atoms with Crippen molar-refractivity contribution in [3.8, 4) is 0 Å². The van der Waals surface area contributed by atoms with Crippen LogP contribution in [-0.4, -0.2) is 65.3 Å². The van der Waals surface area contributed by atoms with Gasteiger partial charge in [0, 0.05) is 10.3 Å². The smallest absolute Gasteiger partial charge is 0.230 e. The number of rotatable bonds is 4. The average molecular weight is 392 g/mol. The van der Waals surface area contributed by atoms with Crippen molar-refractivity contribution in [2.45, 2.75) is 44.9 Å². The van der Waals surface area contributed by atoms with Crippen LogP contribution in [0.4, 0.5) is 5.82 Å². The van der Waals surface area contributed by atoms with E-state index in [2.05, 4.69) is 30.3 Å². The van der Waals surface area contributed by atoms with Crippen LogP contribution < -0.4 is 5.32 Å². The number of anilines is 1. The lowest BCUT2D eigenvalue weighted by molar-refractivity contribution is -0.123. The minimum atomic E-state index is -2.05. The SMILES string of the molecule is CC(C)(C)C(=O)Nc1ncnc2c1ncn2[C@@H]1O[C@@](CO)(N=[N+]=[N-])[C@@H](O)[C@H]1O. The molecule has 1 aliphatic rings. The van der Waals surface area contributed by atoms with Crippen molar-refractivity contribution in [2.75, 3.05) is 11.9 Å². The number of ether oxygens (including phenoxy) is 1. The number of hydrogen-bond acceptors (Lipinski definition) is 9. The molecule has 3 rings (SSSR count). The number of azide groups is 1. The van der Waals surface area contributed by atoms with Gasteiger partial charge in [0.05, 0.1) is 12.9 Å². The van der Waals surface area contributed by atoms with Crippen LogP contribution in [-0.2, 0) is 9.53 Å². The second kappa shape index (κ2) is 6.96. The first-order chi connectivity index (χ1) is 13.1. The number of imidazole rings is 1. The molecule has 0 aliphatic carbocycles. The highest BCUT2D eigenvalue weighted by Crippen LogP contribution is 2.39. The highest BCUT2D eigenvalue weighted by molar-refractivity contribution is 5.99. The monoisotopic (exact) mass is 392 g/mol. The third kappa shape index (κ3) is 3.15. The molecule has 13 nitrogen and oxygen atoms in total. The van der Waals surface area contributed by atoms with Crippen molar-refractivity contribution in [1.82, 2.24) is 19.5 Å². The summed E-state index contributed by atoms with van der Waals surface area (Å²) in [4.78, 5) is 27.1. The van der Waals surface area contributed by atoms with Crippen molar-refractivity contribution in [3.63, 3.8) is 0 Å². The summed E-state index contributed by atoms with van der Waals surface area (Å²) in [7, 11) is 0. The molecule has 0 unspecified atom stereocenters. The van der Waals surface area contributed by atoms with Gasteiger partial charge >= 0.3 is 0 Å². The number of aliphatic hydroxyl groups is 3. The molecule has 4 N–H and O–H groups in total. The van der Waals surface area contributed by atoms with E-state index in [1.165, 1.54) is 17.2 Å². The number of aliphatic hydroxyl groups excluding tert-OH is 3. The minimum Gasteiger partial charge on any atom is -0.393 e. The molecule has 1 aliphatic heterocycles. The molecule has 0 saturated carbocycles. The Morgan fingerprint density at radius 1 is 1.43 bits per heavy atom. The predicted octanol–water partition coefficient (Wildman–Crippen LogP) is 0.0604. The number of fused-ring (bicyclic) bond motifs is 1. The molecule has 3 heterocycles. The number of carbonyl (C=O) groups excluding carboxylic acids is 1. The average Bonchev–Trinajstić information content (AvgIpc) is 3.17. The maximum Gasteiger partial charge on any atom is 0.230 e. The number of nitrogens with one attached hydrogen (secondary N) is 1. The molecule has 1 amide bonds. The Hall–Kier alpha value is -2.83. The molecular weight excluding hydrogens is 372 g/mol. The third-order valence-electron chi connectivity index (χ3n) is 4.39. The quantitative estimate of drug-likeness (QED) is 0.319. The van der Waals surface area contributed by atoms with Crippen molar-refractivity contribution < 1.29 is 24.9 Å². The third-order valence-corrected chi connectivity index (χ3v) is 4.39. The number of amides is 1. The fraction of sp³-hybridized carbons (Fsp3) is 0.600. The van der Waals surface area contributed by atoms with Crippen LogP contribution in [0.2, 0.25) is 0 Å². The lowest BCUT2D eigenvalue weighted by atomic mass is 9.96. The van der Waals surface area contributed by atoms with E-state index in [1.54, 1.807) is 20.8 Å². The summed E-state index contributed by atoms with van der Waals surface area (Å²) in [6.45, 7) is 4.38. The van der Waals surface area contributed by atoms with Gasteiger partial charge in [0.25, 0.3) is 0 Å². The molecule has 28 heavy (non-hydrogen) atoms. The topological polar surface area (TPSA) is 191 Å².